The fourth-order valence-electron chi connectivity index (χ4n) is 3.87. The quantitative estimate of drug-likeness (QED) is 0.772. The molecule has 0 aromatic heterocycles. The molecule has 0 bridgehead atoms. The van der Waals surface area contributed by atoms with E-state index in [1.807, 2.05) is 12.1 Å². The number of ether oxygens (including phenoxy) is 1. The van der Waals surface area contributed by atoms with Gasteiger partial charge in [-0.05, 0) is 63.4 Å². The van der Waals surface area contributed by atoms with Crippen LogP contribution in [-0.4, -0.2) is 55.7 Å². The lowest BCUT2D eigenvalue weighted by Crippen LogP contribution is -2.44. The van der Waals surface area contributed by atoms with Gasteiger partial charge < -0.3 is 15.4 Å². The molecule has 2 aliphatic heterocycles. The number of morpholine rings is 1. The first-order chi connectivity index (χ1) is 12.1. The molecule has 27 heavy (non-hydrogen) atoms. The molecule has 3 atom stereocenters. The molecule has 154 valence electrons. The molecule has 2 heterocycles. The fourth-order valence-corrected chi connectivity index (χ4v) is 3.87. The molecule has 2 fully saturated rings. The Balaban J connectivity index is 0.00000182. The van der Waals surface area contributed by atoms with E-state index in [4.69, 9.17) is 4.74 Å². The molecule has 0 aliphatic carbocycles. The highest BCUT2D eigenvalue weighted by Crippen LogP contribution is 2.15. The van der Waals surface area contributed by atoms with Gasteiger partial charge in [0, 0.05) is 31.7 Å². The zero-order valence-electron chi connectivity index (χ0n) is 16.3. The summed E-state index contributed by atoms with van der Waals surface area (Å²) < 4.78 is 5.78. The van der Waals surface area contributed by atoms with Crippen molar-refractivity contribution in [1.29, 1.82) is 0 Å². The van der Waals surface area contributed by atoms with Gasteiger partial charge in [0.1, 0.15) is 0 Å². The Hall–Kier alpha value is -0.850. The van der Waals surface area contributed by atoms with Crippen molar-refractivity contribution in [3.05, 3.63) is 35.4 Å². The molecule has 3 unspecified atom stereocenters. The Kier molecular flexibility index (Phi) is 10.6. The fraction of sp³-hybridized carbons (Fsp3) is 0.650. The minimum atomic E-state index is 0. The summed E-state index contributed by atoms with van der Waals surface area (Å²) >= 11 is 0. The summed E-state index contributed by atoms with van der Waals surface area (Å²) in [5, 5.41) is 6.46. The van der Waals surface area contributed by atoms with Crippen LogP contribution in [0.4, 0.5) is 0 Å². The summed E-state index contributed by atoms with van der Waals surface area (Å²) in [4.78, 5) is 14.7. The van der Waals surface area contributed by atoms with E-state index >= 15 is 0 Å². The second-order valence-corrected chi connectivity index (χ2v) is 7.57. The van der Waals surface area contributed by atoms with Crippen LogP contribution in [0.15, 0.2) is 24.3 Å². The average Bonchev–Trinajstić information content (AvgIpc) is 2.60. The van der Waals surface area contributed by atoms with E-state index in [9.17, 15) is 4.79 Å². The van der Waals surface area contributed by atoms with E-state index in [2.05, 4.69) is 41.5 Å². The Labute approximate surface area is 175 Å². The molecule has 3 rings (SSSR count). The van der Waals surface area contributed by atoms with Crippen LogP contribution in [0.1, 0.15) is 42.6 Å². The number of carbonyl (C=O) groups is 1. The molecule has 0 spiro atoms. The summed E-state index contributed by atoms with van der Waals surface area (Å²) in [6, 6.07) is 8.03. The van der Waals surface area contributed by atoms with E-state index in [1.165, 1.54) is 18.4 Å². The smallest absolute Gasteiger partial charge is 0.251 e. The maximum absolute atomic E-state index is 12.3. The average molecular weight is 418 g/mol. The third kappa shape index (κ3) is 7.59. The highest BCUT2D eigenvalue weighted by atomic mass is 35.5. The summed E-state index contributed by atoms with van der Waals surface area (Å²) in [6.07, 6.45) is 2.96. The van der Waals surface area contributed by atoms with Gasteiger partial charge in [0.25, 0.3) is 5.91 Å². The van der Waals surface area contributed by atoms with Crippen LogP contribution >= 0.6 is 24.8 Å². The molecular formula is C20H33Cl2N3O2. The lowest BCUT2D eigenvalue weighted by Gasteiger charge is -2.35. The molecule has 2 saturated heterocycles. The van der Waals surface area contributed by atoms with E-state index in [1.54, 1.807) is 0 Å². The molecule has 1 amide bonds. The number of hydrogen-bond donors (Lipinski definition) is 2. The zero-order chi connectivity index (χ0) is 17.6. The first-order valence-electron chi connectivity index (χ1n) is 9.56. The summed E-state index contributed by atoms with van der Waals surface area (Å²) in [5.74, 6) is 0.591. The Morgan fingerprint density at radius 3 is 2.44 bits per heavy atom. The zero-order valence-corrected chi connectivity index (χ0v) is 17.9. The van der Waals surface area contributed by atoms with Crippen molar-refractivity contribution < 1.29 is 9.53 Å². The van der Waals surface area contributed by atoms with Crippen molar-refractivity contribution in [1.82, 2.24) is 15.5 Å². The third-order valence-electron chi connectivity index (χ3n) is 5.07. The van der Waals surface area contributed by atoms with Gasteiger partial charge in [0.05, 0.1) is 12.2 Å². The number of carbonyl (C=O) groups excluding carboxylic acids is 1. The number of benzene rings is 1. The third-order valence-corrected chi connectivity index (χ3v) is 5.07. The lowest BCUT2D eigenvalue weighted by atomic mass is 9.99. The van der Waals surface area contributed by atoms with Gasteiger partial charge in [-0.25, -0.2) is 0 Å². The number of hydrogen-bond acceptors (Lipinski definition) is 4. The topological polar surface area (TPSA) is 53.6 Å². The number of halogens is 2. The Morgan fingerprint density at radius 1 is 1.19 bits per heavy atom. The predicted octanol–water partition coefficient (Wildman–Crippen LogP) is 2.87. The number of nitrogens with one attached hydrogen (secondary N) is 2. The van der Waals surface area contributed by atoms with Gasteiger partial charge >= 0.3 is 0 Å². The van der Waals surface area contributed by atoms with Crippen molar-refractivity contribution >= 4 is 30.7 Å². The summed E-state index contributed by atoms with van der Waals surface area (Å²) in [7, 11) is 0. The second-order valence-electron chi connectivity index (χ2n) is 7.57. The Bertz CT molecular complexity index is 555. The van der Waals surface area contributed by atoms with Gasteiger partial charge in [-0.1, -0.05) is 12.1 Å². The van der Waals surface area contributed by atoms with Gasteiger partial charge in [0.2, 0.25) is 0 Å². The van der Waals surface area contributed by atoms with Crippen LogP contribution in [-0.2, 0) is 11.3 Å². The molecule has 1 aromatic carbocycles. The largest absolute Gasteiger partial charge is 0.373 e. The molecular weight excluding hydrogens is 385 g/mol. The monoisotopic (exact) mass is 417 g/mol. The molecule has 2 N–H and O–H groups in total. The first kappa shape index (κ1) is 24.2. The molecule has 0 radical (unpaired) electrons. The van der Waals surface area contributed by atoms with Crippen molar-refractivity contribution in [3.63, 3.8) is 0 Å². The van der Waals surface area contributed by atoms with Crippen LogP contribution in [0.3, 0.4) is 0 Å². The van der Waals surface area contributed by atoms with Gasteiger partial charge in [-0.15, -0.1) is 24.8 Å². The van der Waals surface area contributed by atoms with Crippen LogP contribution in [0.2, 0.25) is 0 Å². The van der Waals surface area contributed by atoms with Gasteiger partial charge in [0.15, 0.2) is 0 Å². The normalized spacial score (nSPS) is 25.8. The van der Waals surface area contributed by atoms with Crippen LogP contribution in [0.5, 0.6) is 0 Å². The van der Waals surface area contributed by atoms with Crippen molar-refractivity contribution in [2.45, 2.75) is 45.4 Å². The molecule has 5 nitrogen and oxygen atoms in total. The maximum Gasteiger partial charge on any atom is 0.251 e. The van der Waals surface area contributed by atoms with Crippen LogP contribution < -0.4 is 10.6 Å². The van der Waals surface area contributed by atoms with Crippen molar-refractivity contribution in [2.75, 3.05) is 32.7 Å². The minimum absolute atomic E-state index is 0. The van der Waals surface area contributed by atoms with E-state index in [0.717, 1.165) is 44.8 Å². The minimum Gasteiger partial charge on any atom is -0.373 e. The predicted molar refractivity (Wildman–Crippen MR) is 114 cm³/mol. The number of nitrogens with zero attached hydrogens (tertiary/aromatic N) is 1. The van der Waals surface area contributed by atoms with Crippen LogP contribution in [0.25, 0.3) is 0 Å². The lowest BCUT2D eigenvalue weighted by molar-refractivity contribution is -0.0704. The van der Waals surface area contributed by atoms with E-state index in [0.29, 0.717) is 5.92 Å². The molecule has 2 aliphatic rings. The van der Waals surface area contributed by atoms with Crippen molar-refractivity contribution in [2.24, 2.45) is 5.92 Å². The van der Waals surface area contributed by atoms with Gasteiger partial charge in [-0.3, -0.25) is 9.69 Å². The molecule has 1 aromatic rings. The maximum atomic E-state index is 12.3. The number of piperidine rings is 1. The molecule has 0 saturated carbocycles. The van der Waals surface area contributed by atoms with E-state index < -0.39 is 0 Å². The number of rotatable bonds is 5. The highest BCUT2D eigenvalue weighted by Gasteiger charge is 2.22. The first-order valence-corrected chi connectivity index (χ1v) is 9.56. The summed E-state index contributed by atoms with van der Waals surface area (Å²) in [6.45, 7) is 9.95. The van der Waals surface area contributed by atoms with E-state index in [-0.39, 0.29) is 42.9 Å². The molecule has 7 heteroatoms. The standard InChI is InChI=1S/C20H31N3O2.2ClH/c1-15-12-23(13-16(2)25-15)14-17-5-7-19(8-6-17)20(24)22-11-18-4-3-9-21-10-18;;/h5-8,15-16,18,21H,3-4,9-14H2,1-2H3,(H,22,24);2*1H. The number of amides is 1. The van der Waals surface area contributed by atoms with Crippen molar-refractivity contribution in [3.8, 4) is 0 Å². The van der Waals surface area contributed by atoms with Gasteiger partial charge in [-0.2, -0.15) is 0 Å². The highest BCUT2D eigenvalue weighted by molar-refractivity contribution is 5.94. The SMILES string of the molecule is CC1CN(Cc2ccc(C(=O)NCC3CCCNC3)cc2)CC(C)O1.Cl.Cl. The second kappa shape index (κ2) is 11.9. The van der Waals surface area contributed by atoms with Crippen LogP contribution in [0, 0.1) is 5.92 Å². The summed E-state index contributed by atoms with van der Waals surface area (Å²) in [5.41, 5.74) is 1.99. The Morgan fingerprint density at radius 2 is 1.85 bits per heavy atom.